The number of hydrogen-bond acceptors (Lipinski definition) is 4. The second kappa shape index (κ2) is 10.5. The standard InChI is InChI=1S/C20H25N3O2.2ClH/c1-20(21)10-3-2-9-18(20)19(24)23-16-7-4-8-17(12-16)25-14-15-6-5-11-22-13-15;;/h4-8,11-13,18H,2-3,9-10,14,21H2,1H3,(H,23,24);2*1H. The number of hydrogen-bond donors (Lipinski definition) is 2. The average Bonchev–Trinajstić information content (AvgIpc) is 2.61. The van der Waals surface area contributed by atoms with Gasteiger partial charge in [0, 0.05) is 35.2 Å². The van der Waals surface area contributed by atoms with Crippen LogP contribution < -0.4 is 15.8 Å². The molecule has 2 atom stereocenters. The smallest absolute Gasteiger partial charge is 0.229 e. The third kappa shape index (κ3) is 6.38. The summed E-state index contributed by atoms with van der Waals surface area (Å²) >= 11 is 0. The third-order valence-corrected chi connectivity index (χ3v) is 4.80. The summed E-state index contributed by atoms with van der Waals surface area (Å²) in [6.45, 7) is 2.42. The minimum atomic E-state index is -0.434. The van der Waals surface area contributed by atoms with Gasteiger partial charge in [-0.05, 0) is 38.0 Å². The fourth-order valence-electron chi connectivity index (χ4n) is 3.33. The van der Waals surface area contributed by atoms with Gasteiger partial charge in [-0.15, -0.1) is 24.8 Å². The number of nitrogens with two attached hydrogens (primary N) is 1. The molecule has 0 spiro atoms. The van der Waals surface area contributed by atoms with Crippen molar-refractivity contribution in [2.75, 3.05) is 5.32 Å². The number of nitrogens with zero attached hydrogens (tertiary/aromatic N) is 1. The van der Waals surface area contributed by atoms with Crippen LogP contribution in [0.3, 0.4) is 0 Å². The van der Waals surface area contributed by atoms with E-state index >= 15 is 0 Å². The monoisotopic (exact) mass is 411 g/mol. The largest absolute Gasteiger partial charge is 0.489 e. The molecule has 27 heavy (non-hydrogen) atoms. The Morgan fingerprint density at radius 1 is 1.30 bits per heavy atom. The normalized spacial score (nSPS) is 21.3. The van der Waals surface area contributed by atoms with Gasteiger partial charge in [0.1, 0.15) is 12.4 Å². The van der Waals surface area contributed by atoms with E-state index in [-0.39, 0.29) is 36.6 Å². The summed E-state index contributed by atoms with van der Waals surface area (Å²) in [5, 5.41) is 2.99. The highest BCUT2D eigenvalue weighted by Gasteiger charge is 2.37. The molecule has 148 valence electrons. The van der Waals surface area contributed by atoms with E-state index in [0.29, 0.717) is 12.4 Å². The third-order valence-electron chi connectivity index (χ3n) is 4.80. The summed E-state index contributed by atoms with van der Waals surface area (Å²) in [7, 11) is 0. The molecule has 1 aromatic heterocycles. The van der Waals surface area contributed by atoms with E-state index in [1.165, 1.54) is 0 Å². The molecule has 0 bridgehead atoms. The molecule has 2 aromatic rings. The molecule has 2 unspecified atom stereocenters. The Morgan fingerprint density at radius 3 is 2.81 bits per heavy atom. The molecule has 0 radical (unpaired) electrons. The van der Waals surface area contributed by atoms with Gasteiger partial charge in [-0.2, -0.15) is 0 Å². The van der Waals surface area contributed by atoms with Crippen molar-refractivity contribution >= 4 is 36.4 Å². The Balaban J connectivity index is 0.00000182. The maximum absolute atomic E-state index is 12.6. The first-order valence-electron chi connectivity index (χ1n) is 8.76. The van der Waals surface area contributed by atoms with Gasteiger partial charge in [0.25, 0.3) is 0 Å². The number of anilines is 1. The Hall–Kier alpha value is -1.82. The van der Waals surface area contributed by atoms with Crippen LogP contribution in [0.1, 0.15) is 38.2 Å². The van der Waals surface area contributed by atoms with E-state index in [0.717, 1.165) is 36.9 Å². The molecule has 3 N–H and O–H groups in total. The molecule has 1 aliphatic carbocycles. The van der Waals surface area contributed by atoms with Gasteiger partial charge in [-0.1, -0.05) is 25.0 Å². The summed E-state index contributed by atoms with van der Waals surface area (Å²) < 4.78 is 5.78. The first-order chi connectivity index (χ1) is 12.0. The van der Waals surface area contributed by atoms with Crippen molar-refractivity contribution in [3.8, 4) is 5.75 Å². The molecule has 1 saturated carbocycles. The fraction of sp³-hybridized carbons (Fsp3) is 0.400. The van der Waals surface area contributed by atoms with Crippen LogP contribution in [0.15, 0.2) is 48.8 Å². The van der Waals surface area contributed by atoms with Gasteiger partial charge in [0.05, 0.1) is 5.92 Å². The van der Waals surface area contributed by atoms with E-state index in [4.69, 9.17) is 10.5 Å². The second-order valence-corrected chi connectivity index (χ2v) is 6.97. The number of carbonyl (C=O) groups excluding carboxylic acids is 1. The summed E-state index contributed by atoms with van der Waals surface area (Å²) in [4.78, 5) is 16.7. The molecule has 1 amide bonds. The van der Waals surface area contributed by atoms with E-state index < -0.39 is 5.54 Å². The highest BCUT2D eigenvalue weighted by molar-refractivity contribution is 5.93. The number of carbonyl (C=O) groups is 1. The Kier molecular flexibility index (Phi) is 9.03. The van der Waals surface area contributed by atoms with Crippen molar-refractivity contribution in [3.63, 3.8) is 0 Å². The van der Waals surface area contributed by atoms with Crippen molar-refractivity contribution in [3.05, 3.63) is 54.4 Å². The zero-order valence-electron chi connectivity index (χ0n) is 15.4. The highest BCUT2D eigenvalue weighted by Crippen LogP contribution is 2.32. The summed E-state index contributed by atoms with van der Waals surface area (Å²) in [6.07, 6.45) is 7.38. The van der Waals surface area contributed by atoms with Crippen molar-refractivity contribution in [2.45, 2.75) is 44.8 Å². The molecule has 0 saturated heterocycles. The SMILES string of the molecule is CC1(N)CCCCC1C(=O)Nc1cccc(OCc2cccnc2)c1.Cl.Cl. The van der Waals surface area contributed by atoms with Gasteiger partial charge in [0.15, 0.2) is 0 Å². The Labute approximate surface area is 172 Å². The summed E-state index contributed by atoms with van der Waals surface area (Å²) in [5.41, 5.74) is 7.62. The van der Waals surface area contributed by atoms with E-state index in [9.17, 15) is 4.79 Å². The number of halogens is 2. The zero-order valence-corrected chi connectivity index (χ0v) is 17.0. The van der Waals surface area contributed by atoms with Crippen LogP contribution in [0.2, 0.25) is 0 Å². The van der Waals surface area contributed by atoms with Gasteiger partial charge >= 0.3 is 0 Å². The van der Waals surface area contributed by atoms with E-state index in [2.05, 4.69) is 10.3 Å². The molecule has 1 aliphatic rings. The van der Waals surface area contributed by atoms with Crippen molar-refractivity contribution in [2.24, 2.45) is 11.7 Å². The van der Waals surface area contributed by atoms with Crippen LogP contribution in [0.5, 0.6) is 5.75 Å². The molecule has 3 rings (SSSR count). The quantitative estimate of drug-likeness (QED) is 0.766. The molecule has 7 heteroatoms. The van der Waals surface area contributed by atoms with Gasteiger partial charge in [-0.3, -0.25) is 9.78 Å². The second-order valence-electron chi connectivity index (χ2n) is 6.97. The van der Waals surface area contributed by atoms with Crippen LogP contribution in [0, 0.1) is 5.92 Å². The number of ether oxygens (including phenoxy) is 1. The lowest BCUT2D eigenvalue weighted by Crippen LogP contribution is -2.51. The molecule has 5 nitrogen and oxygen atoms in total. The summed E-state index contributed by atoms with van der Waals surface area (Å²) in [5.74, 6) is 0.552. The number of rotatable bonds is 5. The molecule has 1 heterocycles. The topological polar surface area (TPSA) is 77.2 Å². The van der Waals surface area contributed by atoms with Crippen LogP contribution in [-0.4, -0.2) is 16.4 Å². The van der Waals surface area contributed by atoms with E-state index in [1.807, 2.05) is 43.3 Å². The van der Waals surface area contributed by atoms with Crippen molar-refractivity contribution < 1.29 is 9.53 Å². The maximum atomic E-state index is 12.6. The van der Waals surface area contributed by atoms with E-state index in [1.54, 1.807) is 12.4 Å². The number of nitrogens with one attached hydrogen (secondary N) is 1. The summed E-state index contributed by atoms with van der Waals surface area (Å²) in [6, 6.07) is 11.3. The molecular weight excluding hydrogens is 385 g/mol. The van der Waals surface area contributed by atoms with Crippen molar-refractivity contribution in [1.29, 1.82) is 0 Å². The van der Waals surface area contributed by atoms with Crippen LogP contribution in [0.25, 0.3) is 0 Å². The molecule has 0 aliphatic heterocycles. The van der Waals surface area contributed by atoms with Crippen molar-refractivity contribution in [1.82, 2.24) is 4.98 Å². The Bertz CT molecular complexity index is 726. The molecule has 1 aromatic carbocycles. The van der Waals surface area contributed by atoms with Crippen LogP contribution in [0.4, 0.5) is 5.69 Å². The lowest BCUT2D eigenvalue weighted by atomic mass is 9.74. The molecule has 1 fully saturated rings. The maximum Gasteiger partial charge on any atom is 0.229 e. The van der Waals surface area contributed by atoms with Crippen LogP contribution in [-0.2, 0) is 11.4 Å². The number of benzene rings is 1. The van der Waals surface area contributed by atoms with Gasteiger partial charge in [-0.25, -0.2) is 0 Å². The van der Waals surface area contributed by atoms with Gasteiger partial charge in [0.2, 0.25) is 5.91 Å². The number of pyridine rings is 1. The minimum absolute atomic E-state index is 0. The Morgan fingerprint density at radius 2 is 2.11 bits per heavy atom. The highest BCUT2D eigenvalue weighted by atomic mass is 35.5. The number of amides is 1. The number of aromatic nitrogens is 1. The van der Waals surface area contributed by atoms with Crippen LogP contribution >= 0.6 is 24.8 Å². The molecular formula is C20H27Cl2N3O2. The first kappa shape index (κ1) is 23.2. The first-order valence-corrected chi connectivity index (χ1v) is 8.76. The zero-order chi connectivity index (χ0) is 17.7. The fourth-order valence-corrected chi connectivity index (χ4v) is 3.33. The predicted octanol–water partition coefficient (Wildman–Crippen LogP) is 4.35. The predicted molar refractivity (Wildman–Crippen MR) is 113 cm³/mol. The minimum Gasteiger partial charge on any atom is -0.489 e. The lowest BCUT2D eigenvalue weighted by Gasteiger charge is -2.37. The average molecular weight is 412 g/mol. The van der Waals surface area contributed by atoms with Gasteiger partial charge < -0.3 is 15.8 Å². The lowest BCUT2D eigenvalue weighted by molar-refractivity contribution is -0.122.